The summed E-state index contributed by atoms with van der Waals surface area (Å²) in [7, 11) is 0. The van der Waals surface area contributed by atoms with Gasteiger partial charge in [-0.15, -0.1) is 12.4 Å². The van der Waals surface area contributed by atoms with Crippen molar-refractivity contribution in [3.05, 3.63) is 42.1 Å². The Labute approximate surface area is 154 Å². The summed E-state index contributed by atoms with van der Waals surface area (Å²) in [4.78, 5) is 14.8. The van der Waals surface area contributed by atoms with E-state index in [1.54, 1.807) is 6.20 Å². The Bertz CT molecular complexity index is 683. The van der Waals surface area contributed by atoms with Gasteiger partial charge in [0.15, 0.2) is 0 Å². The molecule has 0 aliphatic carbocycles. The lowest BCUT2D eigenvalue weighted by atomic mass is 9.71. The number of hydrogen-bond acceptors (Lipinski definition) is 3. The van der Waals surface area contributed by atoms with Crippen LogP contribution in [0.5, 0.6) is 0 Å². The first kappa shape index (κ1) is 18.0. The van der Waals surface area contributed by atoms with Crippen molar-refractivity contribution < 1.29 is 4.79 Å². The summed E-state index contributed by atoms with van der Waals surface area (Å²) in [6.45, 7) is 4.04. The molecule has 6 heteroatoms. The van der Waals surface area contributed by atoms with Crippen molar-refractivity contribution in [3.63, 3.8) is 0 Å². The molecule has 2 N–H and O–H groups in total. The fourth-order valence-electron chi connectivity index (χ4n) is 4.03. The van der Waals surface area contributed by atoms with Gasteiger partial charge in [0.05, 0.1) is 5.69 Å². The molecule has 3 heterocycles. The molecule has 1 aromatic heterocycles. The number of amides is 1. The molecule has 0 atom stereocenters. The van der Waals surface area contributed by atoms with Gasteiger partial charge in [-0.25, -0.2) is 0 Å². The van der Waals surface area contributed by atoms with Crippen molar-refractivity contribution in [2.75, 3.05) is 26.2 Å². The number of halogens is 1. The number of piperidine rings is 2. The Kier molecular flexibility index (Phi) is 5.45. The summed E-state index contributed by atoms with van der Waals surface area (Å²) in [6, 6.07) is 9.75. The first-order chi connectivity index (χ1) is 11.8. The second kappa shape index (κ2) is 7.58. The van der Waals surface area contributed by atoms with Crippen molar-refractivity contribution in [2.24, 2.45) is 5.41 Å². The molecule has 0 radical (unpaired) electrons. The molecular formula is C19H25ClN4O. The Morgan fingerprint density at radius 2 is 1.68 bits per heavy atom. The number of benzene rings is 1. The van der Waals surface area contributed by atoms with Crippen LogP contribution in [0.1, 0.15) is 36.0 Å². The predicted octanol–water partition coefficient (Wildman–Crippen LogP) is 3.10. The number of aromatic amines is 1. The van der Waals surface area contributed by atoms with Crippen molar-refractivity contribution in [3.8, 4) is 11.3 Å². The molecule has 1 spiro atoms. The van der Waals surface area contributed by atoms with Crippen LogP contribution in [0.2, 0.25) is 0 Å². The molecular weight excluding hydrogens is 336 g/mol. The second-order valence-corrected chi connectivity index (χ2v) is 7.09. The van der Waals surface area contributed by atoms with Crippen LogP contribution in [0.15, 0.2) is 36.5 Å². The number of rotatable bonds is 2. The van der Waals surface area contributed by atoms with Gasteiger partial charge in [-0.3, -0.25) is 9.89 Å². The fourth-order valence-corrected chi connectivity index (χ4v) is 4.03. The van der Waals surface area contributed by atoms with Gasteiger partial charge in [0, 0.05) is 24.8 Å². The number of likely N-dealkylation sites (tertiary alicyclic amines) is 1. The number of carbonyl (C=O) groups excluding carboxylic acids is 1. The van der Waals surface area contributed by atoms with Gasteiger partial charge in [-0.2, -0.15) is 5.10 Å². The van der Waals surface area contributed by atoms with Crippen LogP contribution in [-0.4, -0.2) is 47.2 Å². The standard InChI is InChI=1S/C19H24N4O.ClH/c24-18(16-3-1-15(2-4-16)17-5-10-21-22-17)23-13-8-19(9-14-23)6-11-20-12-7-19;/h1-5,10,20H,6-9,11-14H2,(H,21,22);1H. The highest BCUT2D eigenvalue weighted by Gasteiger charge is 2.36. The Morgan fingerprint density at radius 1 is 1.00 bits per heavy atom. The van der Waals surface area contributed by atoms with E-state index in [0.717, 1.165) is 55.8 Å². The number of aromatic nitrogens is 2. The van der Waals surface area contributed by atoms with E-state index in [1.807, 2.05) is 35.2 Å². The first-order valence-corrected chi connectivity index (χ1v) is 8.86. The highest BCUT2D eigenvalue weighted by Crippen LogP contribution is 2.39. The third kappa shape index (κ3) is 3.72. The molecule has 2 aromatic rings. The van der Waals surface area contributed by atoms with Gasteiger partial charge in [-0.05, 0) is 68.0 Å². The molecule has 4 rings (SSSR count). The maximum absolute atomic E-state index is 12.8. The van der Waals surface area contributed by atoms with Crippen molar-refractivity contribution in [2.45, 2.75) is 25.7 Å². The zero-order chi connectivity index (χ0) is 16.4. The fraction of sp³-hybridized carbons (Fsp3) is 0.474. The molecule has 134 valence electrons. The Hall–Kier alpha value is -1.85. The molecule has 0 unspecified atom stereocenters. The first-order valence-electron chi connectivity index (χ1n) is 8.86. The Morgan fingerprint density at radius 3 is 2.28 bits per heavy atom. The van der Waals surface area contributed by atoms with E-state index in [9.17, 15) is 4.79 Å². The maximum Gasteiger partial charge on any atom is 0.253 e. The van der Waals surface area contributed by atoms with Crippen LogP contribution >= 0.6 is 12.4 Å². The number of carbonyl (C=O) groups is 1. The molecule has 0 bridgehead atoms. The van der Waals surface area contributed by atoms with Gasteiger partial charge in [-0.1, -0.05) is 12.1 Å². The van der Waals surface area contributed by atoms with Crippen LogP contribution in [-0.2, 0) is 0 Å². The largest absolute Gasteiger partial charge is 0.339 e. The van der Waals surface area contributed by atoms with Gasteiger partial charge >= 0.3 is 0 Å². The third-order valence-electron chi connectivity index (χ3n) is 5.72. The summed E-state index contributed by atoms with van der Waals surface area (Å²) < 4.78 is 0. The monoisotopic (exact) mass is 360 g/mol. The second-order valence-electron chi connectivity index (χ2n) is 7.09. The lowest BCUT2D eigenvalue weighted by Gasteiger charge is -2.44. The molecule has 1 aromatic carbocycles. The van der Waals surface area contributed by atoms with Gasteiger partial charge < -0.3 is 10.2 Å². The summed E-state index contributed by atoms with van der Waals surface area (Å²) in [5.74, 6) is 0.162. The van der Waals surface area contributed by atoms with Crippen LogP contribution in [0, 0.1) is 5.41 Å². The number of nitrogens with one attached hydrogen (secondary N) is 2. The zero-order valence-electron chi connectivity index (χ0n) is 14.3. The minimum atomic E-state index is 0. The van der Waals surface area contributed by atoms with E-state index in [1.165, 1.54) is 12.8 Å². The lowest BCUT2D eigenvalue weighted by Crippen LogP contribution is -2.47. The van der Waals surface area contributed by atoms with E-state index in [-0.39, 0.29) is 18.3 Å². The minimum Gasteiger partial charge on any atom is -0.339 e. The van der Waals surface area contributed by atoms with E-state index in [4.69, 9.17) is 0 Å². The molecule has 25 heavy (non-hydrogen) atoms. The van der Waals surface area contributed by atoms with Gasteiger partial charge in [0.1, 0.15) is 0 Å². The van der Waals surface area contributed by atoms with Crippen LogP contribution < -0.4 is 5.32 Å². The average molecular weight is 361 g/mol. The van der Waals surface area contributed by atoms with E-state index in [0.29, 0.717) is 5.41 Å². The van der Waals surface area contributed by atoms with E-state index >= 15 is 0 Å². The lowest BCUT2D eigenvalue weighted by molar-refractivity contribution is 0.0496. The molecule has 2 fully saturated rings. The van der Waals surface area contributed by atoms with Crippen LogP contribution in [0.4, 0.5) is 0 Å². The molecule has 2 saturated heterocycles. The summed E-state index contributed by atoms with van der Waals surface area (Å²) >= 11 is 0. The summed E-state index contributed by atoms with van der Waals surface area (Å²) in [5, 5.41) is 10.4. The van der Waals surface area contributed by atoms with Crippen molar-refractivity contribution >= 4 is 18.3 Å². The zero-order valence-corrected chi connectivity index (χ0v) is 15.1. The molecule has 1 amide bonds. The quantitative estimate of drug-likeness (QED) is 0.865. The molecule has 5 nitrogen and oxygen atoms in total. The highest BCUT2D eigenvalue weighted by atomic mass is 35.5. The topological polar surface area (TPSA) is 61.0 Å². The van der Waals surface area contributed by atoms with E-state index < -0.39 is 0 Å². The number of hydrogen-bond donors (Lipinski definition) is 2. The van der Waals surface area contributed by atoms with Gasteiger partial charge in [0.25, 0.3) is 5.91 Å². The number of H-pyrrole nitrogens is 1. The smallest absolute Gasteiger partial charge is 0.253 e. The molecule has 2 aliphatic heterocycles. The van der Waals surface area contributed by atoms with Gasteiger partial charge in [0.2, 0.25) is 0 Å². The van der Waals surface area contributed by atoms with Crippen LogP contribution in [0.3, 0.4) is 0 Å². The SMILES string of the molecule is Cl.O=C(c1ccc(-c2ccn[nH]2)cc1)N1CCC2(CCNCC2)CC1. The summed E-state index contributed by atoms with van der Waals surface area (Å²) in [6.07, 6.45) is 6.54. The number of nitrogens with zero attached hydrogens (tertiary/aromatic N) is 2. The van der Waals surface area contributed by atoms with Crippen molar-refractivity contribution in [1.29, 1.82) is 0 Å². The maximum atomic E-state index is 12.8. The van der Waals surface area contributed by atoms with Crippen molar-refractivity contribution in [1.82, 2.24) is 20.4 Å². The highest BCUT2D eigenvalue weighted by molar-refractivity contribution is 5.94. The van der Waals surface area contributed by atoms with E-state index in [2.05, 4.69) is 15.5 Å². The average Bonchev–Trinajstić information content (AvgIpc) is 3.17. The molecule has 0 saturated carbocycles. The predicted molar refractivity (Wildman–Crippen MR) is 101 cm³/mol. The third-order valence-corrected chi connectivity index (χ3v) is 5.72. The van der Waals surface area contributed by atoms with Crippen LogP contribution in [0.25, 0.3) is 11.3 Å². The normalized spacial score (nSPS) is 19.4. The summed E-state index contributed by atoms with van der Waals surface area (Å²) in [5.41, 5.74) is 3.28. The minimum absolute atomic E-state index is 0. The molecule has 2 aliphatic rings. The Balaban J connectivity index is 0.00000182.